The predicted molar refractivity (Wildman–Crippen MR) is 287 cm³/mol. The third kappa shape index (κ3) is 28.2. The number of hydrogen-bond donors (Lipinski definition) is 1. The second-order valence-electron chi connectivity index (χ2n) is 19.0. The molecule has 3 rings (SSSR count). The number of esters is 2. The Morgan fingerprint density at radius 3 is 1.44 bits per heavy atom. The summed E-state index contributed by atoms with van der Waals surface area (Å²) >= 11 is 0. The van der Waals surface area contributed by atoms with Gasteiger partial charge in [-0.3, -0.25) is 4.99 Å². The van der Waals surface area contributed by atoms with Crippen LogP contribution in [0.25, 0.3) is 0 Å². The molecule has 0 saturated carbocycles. The van der Waals surface area contributed by atoms with Gasteiger partial charge in [-0.05, 0) is 81.1 Å². The van der Waals surface area contributed by atoms with E-state index in [-0.39, 0.29) is 12.6 Å². The monoisotopic (exact) mass is 969 g/mol. The number of nitrogens with zero attached hydrogens (tertiary/aromatic N) is 2. The number of aliphatic hydroxyl groups excluding tert-OH is 1. The Hall–Kier alpha value is -4.70. The lowest BCUT2D eigenvalue weighted by molar-refractivity contribution is -0.139. The fourth-order valence-corrected chi connectivity index (χ4v) is 8.24. The molecule has 1 aromatic heterocycles. The van der Waals surface area contributed by atoms with E-state index in [1.165, 1.54) is 128 Å². The van der Waals surface area contributed by atoms with Crippen LogP contribution in [-0.4, -0.2) is 54.7 Å². The van der Waals surface area contributed by atoms with Crippen molar-refractivity contribution in [1.82, 2.24) is 4.98 Å². The van der Waals surface area contributed by atoms with Gasteiger partial charge in [-0.2, -0.15) is 0 Å². The fraction of sp³-hybridized carbons (Fsp3) is 0.633. The molecule has 0 amide bonds. The zero-order chi connectivity index (χ0) is 50.1. The zero-order valence-corrected chi connectivity index (χ0v) is 43.9. The Morgan fingerprint density at radius 1 is 0.571 bits per heavy atom. The summed E-state index contributed by atoms with van der Waals surface area (Å²) in [6.45, 7) is 11.7. The quantitative estimate of drug-likeness (QED) is 0.0194. The number of carbonyl (C=O) groups is 2. The van der Waals surface area contributed by atoms with Crippen molar-refractivity contribution >= 4 is 23.8 Å². The lowest BCUT2D eigenvalue weighted by Gasteiger charge is -2.19. The predicted octanol–water partition coefficient (Wildman–Crippen LogP) is 16.5. The number of aliphatic hydroxyl groups is 1. The molecular weight excluding hydrogens is 877 g/mol. The molecule has 0 unspecified atom stereocenters. The highest BCUT2D eigenvalue weighted by Gasteiger charge is 2.21. The van der Waals surface area contributed by atoms with Crippen molar-refractivity contribution in [1.29, 1.82) is 0 Å². The molecule has 0 atom stereocenters. The van der Waals surface area contributed by atoms with Gasteiger partial charge in [-0.25, -0.2) is 14.6 Å². The van der Waals surface area contributed by atoms with E-state index in [0.29, 0.717) is 77.6 Å². The molecule has 0 radical (unpaired) electrons. The zero-order valence-electron chi connectivity index (χ0n) is 43.9. The molecule has 10 nitrogen and oxygen atoms in total. The first-order valence-corrected chi connectivity index (χ1v) is 27.7. The largest absolute Gasteiger partial charge is 0.490 e. The highest BCUT2D eigenvalue weighted by atomic mass is 16.5. The first-order chi connectivity index (χ1) is 34.3. The third-order valence-electron chi connectivity index (χ3n) is 12.5. The molecule has 0 bridgehead atoms. The normalized spacial score (nSPS) is 11.3. The second kappa shape index (κ2) is 40.0. The van der Waals surface area contributed by atoms with Crippen LogP contribution in [0.5, 0.6) is 23.0 Å². The van der Waals surface area contributed by atoms with Crippen molar-refractivity contribution in [2.75, 3.05) is 26.4 Å². The Bertz CT molecular complexity index is 1860. The molecule has 10 heteroatoms. The number of ether oxygens (including phenoxy) is 5. The summed E-state index contributed by atoms with van der Waals surface area (Å²) < 4.78 is 30.7. The van der Waals surface area contributed by atoms with Crippen LogP contribution in [0.15, 0.2) is 71.7 Å². The maximum atomic E-state index is 13.9. The maximum Gasteiger partial charge on any atom is 0.343 e. The number of hydrogen-bond acceptors (Lipinski definition) is 10. The van der Waals surface area contributed by atoms with Gasteiger partial charge in [0.15, 0.2) is 11.5 Å². The van der Waals surface area contributed by atoms with Crippen LogP contribution in [-0.2, 0) is 16.1 Å². The van der Waals surface area contributed by atoms with Gasteiger partial charge in [0.1, 0.15) is 5.75 Å². The van der Waals surface area contributed by atoms with E-state index in [4.69, 9.17) is 23.7 Å². The molecule has 0 aliphatic heterocycles. The molecular formula is C60H92N2O8. The van der Waals surface area contributed by atoms with Gasteiger partial charge in [0.2, 0.25) is 5.75 Å². The van der Waals surface area contributed by atoms with Crippen molar-refractivity contribution in [3.05, 3.63) is 83.7 Å². The van der Waals surface area contributed by atoms with Crippen molar-refractivity contribution in [2.24, 2.45) is 4.99 Å². The van der Waals surface area contributed by atoms with E-state index in [1.807, 2.05) is 12.1 Å². The second-order valence-corrected chi connectivity index (χ2v) is 19.0. The van der Waals surface area contributed by atoms with Crippen molar-refractivity contribution in [3.8, 4) is 23.0 Å². The smallest absolute Gasteiger partial charge is 0.343 e. The van der Waals surface area contributed by atoms with Crippen LogP contribution in [0.4, 0.5) is 5.69 Å². The molecule has 0 aliphatic rings. The van der Waals surface area contributed by atoms with Gasteiger partial charge in [0, 0.05) is 5.57 Å². The topological polar surface area (TPSA) is 126 Å². The molecule has 0 aliphatic carbocycles. The Labute approximate surface area is 423 Å². The summed E-state index contributed by atoms with van der Waals surface area (Å²) in [5.41, 5.74) is 2.67. The number of rotatable bonds is 44. The van der Waals surface area contributed by atoms with Crippen LogP contribution in [0.3, 0.4) is 0 Å². The van der Waals surface area contributed by atoms with Crippen molar-refractivity contribution < 1.29 is 38.4 Å². The highest BCUT2D eigenvalue weighted by Crippen LogP contribution is 2.40. The van der Waals surface area contributed by atoms with Gasteiger partial charge in [-0.1, -0.05) is 193 Å². The number of benzene rings is 2. The molecule has 0 fully saturated rings. The highest BCUT2D eigenvalue weighted by molar-refractivity contribution is 5.93. The van der Waals surface area contributed by atoms with Gasteiger partial charge < -0.3 is 28.8 Å². The molecule has 2 aromatic carbocycles. The molecule has 1 heterocycles. The SMILES string of the molecule is C=C(C)C(=O)OCCCCCCCCCCCCOc1cc(C(=O)Oc2ccc(N=Cc3cccc(CO)n3)cc2)cc(OCCCCCCCCCCCC)c1OCCCCCCCCCCCC. The molecule has 390 valence electrons. The standard InChI is InChI=1S/C60H92N2O8/c1-5-7-9-11-13-15-19-23-27-31-42-66-56-46-51(60(65)70-55-40-38-52(39-41-55)61-48-53-36-35-37-54(49-63)62-53)47-57(58(56)68-44-33-29-25-20-16-14-12-10-8-6-2)67-43-32-28-24-21-17-18-22-26-30-34-45-69-59(64)50(3)4/h35-41,46-48,63H,3,5-34,42-45,49H2,1-2,4H3. The number of carbonyl (C=O) groups excluding carboxylic acids is 2. The molecule has 0 saturated heterocycles. The molecule has 0 spiro atoms. The number of aromatic nitrogens is 1. The van der Waals surface area contributed by atoms with Crippen LogP contribution in [0, 0.1) is 0 Å². The summed E-state index contributed by atoms with van der Waals surface area (Å²) in [5.74, 6) is 1.17. The van der Waals surface area contributed by atoms with E-state index in [2.05, 4.69) is 30.4 Å². The number of unbranched alkanes of at least 4 members (excludes halogenated alkanes) is 27. The molecule has 70 heavy (non-hydrogen) atoms. The minimum Gasteiger partial charge on any atom is -0.490 e. The first kappa shape index (κ1) is 59.6. The van der Waals surface area contributed by atoms with Crippen LogP contribution in [0.2, 0.25) is 0 Å². The summed E-state index contributed by atoms with van der Waals surface area (Å²) in [6.07, 6.45) is 37.4. The first-order valence-electron chi connectivity index (χ1n) is 27.7. The summed E-state index contributed by atoms with van der Waals surface area (Å²) in [4.78, 5) is 34.3. The van der Waals surface area contributed by atoms with E-state index < -0.39 is 5.97 Å². The average Bonchev–Trinajstić information content (AvgIpc) is 3.37. The fourth-order valence-electron chi connectivity index (χ4n) is 8.24. The summed E-state index contributed by atoms with van der Waals surface area (Å²) in [6, 6.07) is 15.9. The third-order valence-corrected chi connectivity index (χ3v) is 12.5. The van der Waals surface area contributed by atoms with Crippen LogP contribution >= 0.6 is 0 Å². The van der Waals surface area contributed by atoms with Crippen molar-refractivity contribution in [3.63, 3.8) is 0 Å². The van der Waals surface area contributed by atoms with Crippen LogP contribution < -0.4 is 18.9 Å². The Morgan fingerprint density at radius 2 is 1.00 bits per heavy atom. The maximum absolute atomic E-state index is 13.9. The minimum atomic E-state index is -0.512. The van der Waals surface area contributed by atoms with E-state index in [0.717, 1.165) is 64.2 Å². The van der Waals surface area contributed by atoms with Gasteiger partial charge in [-0.15, -0.1) is 0 Å². The Kier molecular flexibility index (Phi) is 34.0. The number of aliphatic imine (C=N–C) groups is 1. The van der Waals surface area contributed by atoms with Crippen molar-refractivity contribution in [2.45, 2.75) is 220 Å². The van der Waals surface area contributed by atoms with Crippen LogP contribution in [0.1, 0.15) is 235 Å². The minimum absolute atomic E-state index is 0.138. The van der Waals surface area contributed by atoms with E-state index >= 15 is 0 Å². The van der Waals surface area contributed by atoms with Gasteiger partial charge in [0.05, 0.1) is 61.9 Å². The van der Waals surface area contributed by atoms with Gasteiger partial charge in [0.25, 0.3) is 0 Å². The lowest BCUT2D eigenvalue weighted by Crippen LogP contribution is -2.12. The van der Waals surface area contributed by atoms with E-state index in [9.17, 15) is 14.7 Å². The van der Waals surface area contributed by atoms with Gasteiger partial charge >= 0.3 is 11.9 Å². The van der Waals surface area contributed by atoms with E-state index in [1.54, 1.807) is 55.6 Å². The summed E-state index contributed by atoms with van der Waals surface area (Å²) in [5, 5.41) is 9.43. The summed E-state index contributed by atoms with van der Waals surface area (Å²) in [7, 11) is 0. The molecule has 1 N–H and O–H groups in total. The lowest BCUT2D eigenvalue weighted by atomic mass is 10.1. The average molecular weight is 969 g/mol. The molecule has 3 aromatic rings. The Balaban J connectivity index is 1.64. The number of pyridine rings is 1.